The van der Waals surface area contributed by atoms with Crippen LogP contribution in [0.3, 0.4) is 0 Å². The van der Waals surface area contributed by atoms with Gasteiger partial charge in [-0.2, -0.15) is 0 Å². The van der Waals surface area contributed by atoms with Gasteiger partial charge >= 0.3 is 0 Å². The molecule has 4 heavy (non-hydrogen) atoms. The fourth-order valence-corrected chi connectivity index (χ4v) is 0. The summed E-state index contributed by atoms with van der Waals surface area (Å²) in [7, 11) is 0. The van der Waals surface area contributed by atoms with Crippen molar-refractivity contribution in [2.24, 2.45) is 0 Å². The van der Waals surface area contributed by atoms with Crippen molar-refractivity contribution < 1.29 is 79.8 Å². The molecule has 0 aliphatic carbocycles. The summed E-state index contributed by atoms with van der Waals surface area (Å²) in [5, 5.41) is 0. The minimum Gasteiger partial charge on any atom is 0 e. The maximum atomic E-state index is 0. The Kier molecular flexibility index (Phi) is 138. The van der Waals surface area contributed by atoms with Crippen LogP contribution in [0.15, 0.2) is 0 Å². The van der Waals surface area contributed by atoms with Crippen molar-refractivity contribution >= 4 is 0 Å². The van der Waals surface area contributed by atoms with Gasteiger partial charge in [0.25, 0.3) is 0 Å². The van der Waals surface area contributed by atoms with Crippen molar-refractivity contribution in [2.45, 2.75) is 0 Å². The van der Waals surface area contributed by atoms with E-state index in [0.29, 0.717) is 0 Å². The molecular weight excluding hydrogens is 295 g/mol. The number of rotatable bonds is 0. The zero-order valence-electron chi connectivity index (χ0n) is 2.05. The average molecular weight is 295 g/mol. The van der Waals surface area contributed by atoms with Gasteiger partial charge in [-0.05, 0) is 0 Å². The van der Waals surface area contributed by atoms with E-state index < -0.39 is 0 Å². The van der Waals surface area contributed by atoms with E-state index in [9.17, 15) is 0 Å². The second kappa shape index (κ2) is 17.7. The van der Waals surface area contributed by atoms with E-state index in [1.165, 1.54) is 0 Å². The van der Waals surface area contributed by atoms with Gasteiger partial charge in [0.1, 0.15) is 0 Å². The summed E-state index contributed by atoms with van der Waals surface area (Å²) < 4.78 is 0. The second-order valence-electron chi connectivity index (χ2n) is 0. The van der Waals surface area contributed by atoms with Gasteiger partial charge in [-0.3, -0.25) is 0 Å². The molecule has 0 nitrogen and oxygen atoms in total. The van der Waals surface area contributed by atoms with Gasteiger partial charge in [-0.15, -0.1) is 0 Å². The summed E-state index contributed by atoms with van der Waals surface area (Å²) >= 11 is 0. The van der Waals surface area contributed by atoms with Gasteiger partial charge in [-0.25, -0.2) is 0 Å². The first-order valence-corrected chi connectivity index (χ1v) is 0. The molecule has 0 fully saturated rings. The van der Waals surface area contributed by atoms with Crippen LogP contribution in [-0.4, -0.2) is 0 Å². The zero-order chi connectivity index (χ0) is 0. The van der Waals surface area contributed by atoms with Crippen LogP contribution in [0.2, 0.25) is 0 Å². The molecule has 0 aromatic rings. The van der Waals surface area contributed by atoms with Crippen LogP contribution < -0.4 is 0 Å². The number of hydrogen-bond acceptors (Lipinski definition) is 0. The molecule has 0 saturated heterocycles. The molecule has 0 rings (SSSR count). The third kappa shape index (κ3) is 8.82. The van der Waals surface area contributed by atoms with Gasteiger partial charge in [-0.1, -0.05) is 0 Å². The number of hydrogen-bond donors (Lipinski definition) is 0. The van der Waals surface area contributed by atoms with Gasteiger partial charge in [0.05, 0.1) is 0 Å². The Balaban J connectivity index is 0. The first-order chi connectivity index (χ1) is 0. The Bertz CT molecular complexity index is 6.00. The predicted octanol–water partition coefficient (Wildman–Crippen LogP) is -0.0100. The summed E-state index contributed by atoms with van der Waals surface area (Å²) in [5.74, 6) is 0. The molecule has 0 aromatic carbocycles. The summed E-state index contributed by atoms with van der Waals surface area (Å²) in [6.07, 6.45) is 0. The van der Waals surface area contributed by atoms with Gasteiger partial charge in [0, 0.05) is 79.8 Å². The largest absolute Gasteiger partial charge is 0 e. The van der Waals surface area contributed by atoms with Crippen molar-refractivity contribution in [1.82, 2.24) is 0 Å². The average Bonchev–Trinajstić information content (AvgIpc) is 0. The normalized spacial score (nSPS) is 0. The van der Waals surface area contributed by atoms with Crippen molar-refractivity contribution in [1.29, 1.82) is 0 Å². The molecule has 0 aliphatic heterocycles. The second-order valence-corrected chi connectivity index (χ2v) is 0. The van der Waals surface area contributed by atoms with Crippen LogP contribution in [0, 0.1) is 0 Å². The zero-order valence-corrected chi connectivity index (χ0v) is 11.0. The molecule has 0 aliphatic rings. The maximum Gasteiger partial charge on any atom is 0 e. The topological polar surface area (TPSA) is 0 Å². The molecule has 0 heterocycles. The molecule has 0 N–H and O–H groups in total. The molecule has 0 amide bonds. The summed E-state index contributed by atoms with van der Waals surface area (Å²) in [4.78, 5) is 0. The van der Waals surface area contributed by atoms with Crippen LogP contribution >= 0.6 is 0 Å². The van der Waals surface area contributed by atoms with Crippen LogP contribution in [0.4, 0.5) is 0 Å². The Morgan fingerprint density at radius 2 is 0.750 bits per heavy atom. The van der Waals surface area contributed by atoms with Gasteiger partial charge in [0.2, 0.25) is 0 Å². The van der Waals surface area contributed by atoms with E-state index in [0.717, 1.165) is 0 Å². The molecular formula is CdNi2Zn. The Hall–Kier alpha value is 2.53. The van der Waals surface area contributed by atoms with E-state index in [1.807, 2.05) is 0 Å². The summed E-state index contributed by atoms with van der Waals surface area (Å²) in [6, 6.07) is 0. The maximum absolute atomic E-state index is 0. The smallest absolute Gasteiger partial charge is 0 e. The van der Waals surface area contributed by atoms with Gasteiger partial charge < -0.3 is 0 Å². The van der Waals surface area contributed by atoms with Crippen LogP contribution in [0.5, 0.6) is 0 Å². The molecule has 4 heteroatoms. The molecule has 24 valence electrons. The molecule has 0 spiro atoms. The third-order valence-corrected chi connectivity index (χ3v) is 0. The molecule has 0 aromatic heterocycles. The molecule has 0 unspecified atom stereocenters. The van der Waals surface area contributed by atoms with Crippen LogP contribution in [-0.2, 0) is 79.8 Å². The minimum absolute atomic E-state index is 0. The minimum atomic E-state index is 0. The van der Waals surface area contributed by atoms with Crippen molar-refractivity contribution in [3.63, 3.8) is 0 Å². The summed E-state index contributed by atoms with van der Waals surface area (Å²) in [5.41, 5.74) is 0. The molecule has 0 atom stereocenters. The Labute approximate surface area is 78.6 Å². The predicted molar refractivity (Wildman–Crippen MR) is 0 cm³/mol. The fraction of sp³-hybridized carbons (Fsp3) is 0. The first-order valence-electron chi connectivity index (χ1n) is 0. The SMILES string of the molecule is [Cd].[Ni].[Ni].[Zn]. The third-order valence-electron chi connectivity index (χ3n) is 0. The molecule has 0 saturated carbocycles. The molecule has 0 bridgehead atoms. The summed E-state index contributed by atoms with van der Waals surface area (Å²) in [6.45, 7) is 0. The van der Waals surface area contributed by atoms with Gasteiger partial charge in [0.15, 0.2) is 0 Å². The Morgan fingerprint density at radius 3 is 0.750 bits per heavy atom. The van der Waals surface area contributed by atoms with E-state index in [-0.39, 0.29) is 79.8 Å². The van der Waals surface area contributed by atoms with Crippen molar-refractivity contribution in [3.05, 3.63) is 0 Å². The first kappa shape index (κ1) is 31.2. The Morgan fingerprint density at radius 1 is 0.750 bits per heavy atom. The van der Waals surface area contributed by atoms with Crippen molar-refractivity contribution in [2.75, 3.05) is 0 Å². The monoisotopic (exact) mass is 294 g/mol. The van der Waals surface area contributed by atoms with E-state index >= 15 is 0 Å². The van der Waals surface area contributed by atoms with Crippen LogP contribution in [0.25, 0.3) is 0 Å². The van der Waals surface area contributed by atoms with E-state index in [1.54, 1.807) is 0 Å². The molecule has 0 radical (unpaired) electrons. The van der Waals surface area contributed by atoms with Crippen molar-refractivity contribution in [3.8, 4) is 0 Å². The quantitative estimate of drug-likeness (QED) is 0.552. The standard InChI is InChI=1S/Cd.2Ni.Zn. The van der Waals surface area contributed by atoms with E-state index in [4.69, 9.17) is 0 Å². The van der Waals surface area contributed by atoms with E-state index in [2.05, 4.69) is 0 Å². The fourth-order valence-electron chi connectivity index (χ4n) is 0. The van der Waals surface area contributed by atoms with Crippen LogP contribution in [0.1, 0.15) is 0 Å².